The predicted octanol–water partition coefficient (Wildman–Crippen LogP) is 3.64. The van der Waals surface area contributed by atoms with E-state index in [1.54, 1.807) is 30.2 Å². The summed E-state index contributed by atoms with van der Waals surface area (Å²) in [6.07, 6.45) is 1.62. The van der Waals surface area contributed by atoms with Gasteiger partial charge in [-0.2, -0.15) is 4.98 Å². The molecule has 0 bridgehead atoms. The third-order valence-electron chi connectivity index (χ3n) is 5.41. The number of imidazole rings is 1. The molecule has 0 radical (unpaired) electrons. The van der Waals surface area contributed by atoms with Crippen molar-refractivity contribution in [2.75, 3.05) is 6.54 Å². The number of amides is 2. The number of hydrogen-bond donors (Lipinski definition) is 1. The van der Waals surface area contributed by atoms with Gasteiger partial charge in [0.05, 0.1) is 28.0 Å². The smallest absolute Gasteiger partial charge is 0.408 e. The van der Waals surface area contributed by atoms with Crippen LogP contribution in [0, 0.1) is 5.82 Å². The van der Waals surface area contributed by atoms with Gasteiger partial charge < -0.3 is 19.5 Å². The van der Waals surface area contributed by atoms with Crippen LogP contribution in [0.4, 0.5) is 9.18 Å². The van der Waals surface area contributed by atoms with E-state index < -0.39 is 17.5 Å². The second-order valence-corrected chi connectivity index (χ2v) is 9.15. The molecule has 2 aromatic heterocycles. The highest BCUT2D eigenvalue weighted by molar-refractivity contribution is 6.34. The second-order valence-electron chi connectivity index (χ2n) is 8.77. The van der Waals surface area contributed by atoms with Crippen molar-refractivity contribution in [1.29, 1.82) is 0 Å². The number of carbonyl (C=O) groups excluding carboxylic acids is 2. The first-order valence-electron chi connectivity index (χ1n) is 10.3. The van der Waals surface area contributed by atoms with Crippen LogP contribution < -0.4 is 5.32 Å². The highest BCUT2D eigenvalue weighted by Gasteiger charge is 2.43. The molecule has 1 N–H and O–H groups in total. The Bertz CT molecular complexity index is 1280. The zero-order valence-electron chi connectivity index (χ0n) is 18.1. The predicted molar refractivity (Wildman–Crippen MR) is 113 cm³/mol. The van der Waals surface area contributed by atoms with Crippen LogP contribution >= 0.6 is 11.6 Å². The number of benzene rings is 1. The molecule has 172 valence electrons. The zero-order chi connectivity index (χ0) is 23.5. The zero-order valence-corrected chi connectivity index (χ0v) is 18.8. The molecule has 33 heavy (non-hydrogen) atoms. The van der Waals surface area contributed by atoms with E-state index in [4.69, 9.17) is 20.9 Å². The molecule has 2 aliphatic rings. The van der Waals surface area contributed by atoms with Crippen LogP contribution in [0.15, 0.2) is 23.0 Å². The lowest BCUT2D eigenvalue weighted by molar-refractivity contribution is 0.0460. The Morgan fingerprint density at radius 2 is 2.18 bits per heavy atom. The van der Waals surface area contributed by atoms with E-state index in [9.17, 15) is 14.0 Å². The van der Waals surface area contributed by atoms with Crippen molar-refractivity contribution in [3.8, 4) is 17.2 Å². The number of halogens is 2. The van der Waals surface area contributed by atoms with Crippen molar-refractivity contribution in [2.24, 2.45) is 0 Å². The maximum Gasteiger partial charge on any atom is 0.408 e. The maximum atomic E-state index is 14.1. The van der Waals surface area contributed by atoms with Crippen LogP contribution in [0.25, 0.3) is 17.2 Å². The molecule has 0 saturated carbocycles. The number of fused-ring (bicyclic) bond motifs is 5. The number of carbonyl (C=O) groups is 2. The van der Waals surface area contributed by atoms with Gasteiger partial charge in [-0.25, -0.2) is 14.2 Å². The Kier molecular flexibility index (Phi) is 4.89. The fourth-order valence-electron chi connectivity index (χ4n) is 3.93. The van der Waals surface area contributed by atoms with Crippen molar-refractivity contribution < 1.29 is 23.2 Å². The summed E-state index contributed by atoms with van der Waals surface area (Å²) in [4.78, 5) is 35.4. The van der Waals surface area contributed by atoms with Crippen molar-refractivity contribution in [1.82, 2.24) is 29.9 Å². The Morgan fingerprint density at radius 1 is 1.39 bits per heavy atom. The van der Waals surface area contributed by atoms with Crippen LogP contribution in [-0.2, 0) is 11.3 Å². The number of ether oxygens (including phenoxy) is 1. The van der Waals surface area contributed by atoms with Crippen LogP contribution in [0.2, 0.25) is 5.02 Å². The first-order valence-corrected chi connectivity index (χ1v) is 10.7. The van der Waals surface area contributed by atoms with Gasteiger partial charge in [0.15, 0.2) is 0 Å². The third kappa shape index (κ3) is 3.62. The van der Waals surface area contributed by atoms with E-state index in [2.05, 4.69) is 20.4 Å². The number of alkyl carbamates (subject to hydrolysis) is 1. The SMILES string of the molecule is CC(C)(C)OC(=O)NCc1nc(-c2ncn3c2[C@@H]2CCN2C(=O)c2c-3ccc(F)c2Cl)no1. The Hall–Kier alpha value is -3.47. The number of nitrogens with zero attached hydrogens (tertiary/aromatic N) is 5. The molecule has 4 heterocycles. The summed E-state index contributed by atoms with van der Waals surface area (Å²) in [6, 6.07) is 2.43. The lowest BCUT2D eigenvalue weighted by Crippen LogP contribution is -2.44. The van der Waals surface area contributed by atoms with E-state index in [-0.39, 0.29) is 40.8 Å². The molecule has 1 fully saturated rings. The molecule has 3 aromatic rings. The van der Waals surface area contributed by atoms with Crippen molar-refractivity contribution in [2.45, 2.75) is 45.4 Å². The summed E-state index contributed by atoms with van der Waals surface area (Å²) in [7, 11) is 0. The first kappa shape index (κ1) is 21.4. The Labute approximate surface area is 192 Å². The normalized spacial score (nSPS) is 16.9. The summed E-state index contributed by atoms with van der Waals surface area (Å²) in [6.45, 7) is 5.77. The van der Waals surface area contributed by atoms with Gasteiger partial charge in [-0.1, -0.05) is 16.8 Å². The van der Waals surface area contributed by atoms with Crippen LogP contribution in [-0.4, -0.2) is 48.7 Å². The fourth-order valence-corrected chi connectivity index (χ4v) is 4.17. The highest BCUT2D eigenvalue weighted by atomic mass is 35.5. The van der Waals surface area contributed by atoms with Gasteiger partial charge >= 0.3 is 6.09 Å². The quantitative estimate of drug-likeness (QED) is 0.616. The molecule has 2 amide bonds. The van der Waals surface area contributed by atoms with E-state index >= 15 is 0 Å². The van der Waals surface area contributed by atoms with Gasteiger partial charge in [0.2, 0.25) is 11.7 Å². The molecule has 5 rings (SSSR count). The molecule has 0 spiro atoms. The molecule has 0 unspecified atom stereocenters. The lowest BCUT2D eigenvalue weighted by Gasteiger charge is -2.39. The Morgan fingerprint density at radius 3 is 2.88 bits per heavy atom. The summed E-state index contributed by atoms with van der Waals surface area (Å²) in [5.41, 5.74) is 1.01. The van der Waals surface area contributed by atoms with Gasteiger partial charge in [-0.15, -0.1) is 0 Å². The lowest BCUT2D eigenvalue weighted by atomic mass is 9.97. The second kappa shape index (κ2) is 7.55. The third-order valence-corrected chi connectivity index (χ3v) is 5.78. The molecule has 10 nitrogen and oxygen atoms in total. The number of hydrogen-bond acceptors (Lipinski definition) is 7. The number of rotatable bonds is 3. The van der Waals surface area contributed by atoms with Gasteiger partial charge in [-0.05, 0) is 39.3 Å². The van der Waals surface area contributed by atoms with E-state index in [1.165, 1.54) is 18.5 Å². The molecular weight excluding hydrogens is 455 g/mol. The average Bonchev–Trinajstić information content (AvgIpc) is 3.32. The number of aromatic nitrogens is 4. The Balaban J connectivity index is 1.48. The van der Waals surface area contributed by atoms with Crippen LogP contribution in [0.3, 0.4) is 0 Å². The summed E-state index contributed by atoms with van der Waals surface area (Å²) < 4.78 is 26.3. The standard InChI is InChI=1S/C21H20ClFN6O4/c1-21(2,3)32-20(31)24-8-13-26-18(27-33-13)16-17-12-6-7-28(12)19(30)14-11(29(17)9-25-16)5-4-10(23)15(14)22/h4-5,9,12H,6-8H2,1-3H3,(H,24,31)/t12-/m0/s1. The van der Waals surface area contributed by atoms with Crippen molar-refractivity contribution in [3.63, 3.8) is 0 Å². The van der Waals surface area contributed by atoms with Gasteiger partial charge in [0.1, 0.15) is 30.0 Å². The molecule has 1 saturated heterocycles. The van der Waals surface area contributed by atoms with E-state index in [1.807, 2.05) is 0 Å². The monoisotopic (exact) mass is 474 g/mol. The van der Waals surface area contributed by atoms with Crippen LogP contribution in [0.5, 0.6) is 0 Å². The van der Waals surface area contributed by atoms with Gasteiger partial charge in [0, 0.05) is 6.54 Å². The largest absolute Gasteiger partial charge is 0.444 e. The molecule has 0 aliphatic carbocycles. The van der Waals surface area contributed by atoms with Gasteiger partial charge in [-0.3, -0.25) is 9.36 Å². The van der Waals surface area contributed by atoms with Crippen LogP contribution in [0.1, 0.15) is 55.2 Å². The molecule has 2 aliphatic heterocycles. The minimum atomic E-state index is -0.662. The maximum absolute atomic E-state index is 14.1. The van der Waals surface area contributed by atoms with Gasteiger partial charge in [0.25, 0.3) is 5.91 Å². The molecule has 1 aromatic carbocycles. The van der Waals surface area contributed by atoms with E-state index in [0.29, 0.717) is 30.0 Å². The summed E-state index contributed by atoms with van der Waals surface area (Å²) in [5.74, 6) is -0.625. The summed E-state index contributed by atoms with van der Waals surface area (Å²) in [5, 5.41) is 6.33. The van der Waals surface area contributed by atoms with Crippen molar-refractivity contribution in [3.05, 3.63) is 46.4 Å². The molecule has 12 heteroatoms. The summed E-state index contributed by atoms with van der Waals surface area (Å²) >= 11 is 6.17. The molecule has 1 atom stereocenters. The minimum absolute atomic E-state index is 0.0241. The fraction of sp³-hybridized carbons (Fsp3) is 0.381. The van der Waals surface area contributed by atoms with Crippen molar-refractivity contribution >= 4 is 23.6 Å². The minimum Gasteiger partial charge on any atom is -0.444 e. The molecular formula is C21H20ClFN6O4. The average molecular weight is 475 g/mol. The van der Waals surface area contributed by atoms with E-state index in [0.717, 1.165) is 0 Å². The topological polar surface area (TPSA) is 115 Å². The first-order chi connectivity index (χ1) is 15.6. The highest BCUT2D eigenvalue weighted by Crippen LogP contribution is 2.44. The number of nitrogens with one attached hydrogen (secondary N) is 1.